The maximum Gasteiger partial charge on any atom is 0.269 e. The van der Waals surface area contributed by atoms with Crippen LogP contribution in [0.1, 0.15) is 23.8 Å². The van der Waals surface area contributed by atoms with Gasteiger partial charge < -0.3 is 20.5 Å². The van der Waals surface area contributed by atoms with E-state index in [-0.39, 0.29) is 13.2 Å². The summed E-state index contributed by atoms with van der Waals surface area (Å²) in [4.78, 5) is 17.9. The molecule has 1 aromatic heterocycles. The van der Waals surface area contributed by atoms with E-state index < -0.39 is 11.4 Å². The van der Waals surface area contributed by atoms with Crippen molar-refractivity contribution in [2.75, 3.05) is 13.2 Å². The van der Waals surface area contributed by atoms with Crippen molar-refractivity contribution in [1.82, 2.24) is 15.3 Å². The van der Waals surface area contributed by atoms with E-state index >= 15 is 0 Å². The van der Waals surface area contributed by atoms with Crippen molar-refractivity contribution in [3.63, 3.8) is 0 Å². The van der Waals surface area contributed by atoms with Crippen LogP contribution < -0.4 is 5.32 Å². The predicted octanol–water partition coefficient (Wildman–Crippen LogP) is -0.727. The molecule has 0 aliphatic carbocycles. The van der Waals surface area contributed by atoms with Crippen LogP contribution in [0.5, 0.6) is 0 Å². The molecule has 6 heteroatoms. The molecule has 0 saturated heterocycles. The van der Waals surface area contributed by atoms with E-state index in [4.69, 9.17) is 10.2 Å². The van der Waals surface area contributed by atoms with Crippen LogP contribution in [0.25, 0.3) is 0 Å². The van der Waals surface area contributed by atoms with Crippen LogP contribution >= 0.6 is 0 Å². The van der Waals surface area contributed by atoms with Gasteiger partial charge in [-0.05, 0) is 6.42 Å². The molecule has 0 bridgehead atoms. The van der Waals surface area contributed by atoms with E-state index in [2.05, 4.69) is 15.3 Å². The molecule has 6 nitrogen and oxygen atoms in total. The number of nitrogens with zero attached hydrogens (tertiary/aromatic N) is 1. The molecule has 0 fully saturated rings. The number of aliphatic hydroxyl groups excluding tert-OH is 2. The molecule has 0 saturated carbocycles. The number of aliphatic hydroxyl groups is 2. The van der Waals surface area contributed by atoms with Gasteiger partial charge in [0.15, 0.2) is 0 Å². The average molecular weight is 213 g/mol. The summed E-state index contributed by atoms with van der Waals surface area (Å²) in [6.07, 6.45) is 3.21. The van der Waals surface area contributed by atoms with Crippen molar-refractivity contribution in [1.29, 1.82) is 0 Å². The SMILES string of the molecule is CCC(CO)(CO)NC(=O)c1cnc[nH]1. The molecule has 1 aromatic rings. The molecule has 1 heterocycles. The number of amides is 1. The zero-order valence-electron chi connectivity index (χ0n) is 8.53. The first-order valence-corrected chi connectivity index (χ1v) is 4.70. The Morgan fingerprint density at radius 3 is 2.67 bits per heavy atom. The Kier molecular flexibility index (Phi) is 3.81. The Balaban J connectivity index is 2.71. The van der Waals surface area contributed by atoms with Crippen LogP contribution in [0, 0.1) is 0 Å². The zero-order valence-corrected chi connectivity index (χ0v) is 8.53. The number of hydrogen-bond acceptors (Lipinski definition) is 4. The van der Waals surface area contributed by atoms with Crippen molar-refractivity contribution >= 4 is 5.91 Å². The Morgan fingerprint density at radius 1 is 1.60 bits per heavy atom. The van der Waals surface area contributed by atoms with Gasteiger partial charge in [0.05, 0.1) is 31.3 Å². The van der Waals surface area contributed by atoms with Gasteiger partial charge in [-0.1, -0.05) is 6.92 Å². The molecule has 4 N–H and O–H groups in total. The number of H-pyrrole nitrogens is 1. The molecule has 0 spiro atoms. The van der Waals surface area contributed by atoms with Gasteiger partial charge in [0.25, 0.3) is 5.91 Å². The second-order valence-corrected chi connectivity index (χ2v) is 3.37. The molecule has 0 aromatic carbocycles. The van der Waals surface area contributed by atoms with Crippen LogP contribution in [-0.4, -0.2) is 44.8 Å². The lowest BCUT2D eigenvalue weighted by molar-refractivity contribution is 0.0649. The van der Waals surface area contributed by atoms with Crippen molar-refractivity contribution in [2.24, 2.45) is 0 Å². The number of carbonyl (C=O) groups is 1. The molecular formula is C9H15N3O3. The lowest BCUT2D eigenvalue weighted by atomic mass is 9.98. The summed E-state index contributed by atoms with van der Waals surface area (Å²) in [6, 6.07) is 0. The molecule has 0 radical (unpaired) electrons. The quantitative estimate of drug-likeness (QED) is 0.518. The van der Waals surface area contributed by atoms with Crippen LogP contribution in [0.4, 0.5) is 0 Å². The Labute approximate surface area is 87.3 Å². The number of aromatic nitrogens is 2. The first kappa shape index (κ1) is 11.7. The molecule has 1 rings (SSSR count). The molecule has 1 amide bonds. The van der Waals surface area contributed by atoms with Gasteiger partial charge in [0, 0.05) is 0 Å². The third-order valence-corrected chi connectivity index (χ3v) is 2.40. The molecule has 84 valence electrons. The van der Waals surface area contributed by atoms with E-state index in [0.717, 1.165) is 0 Å². The van der Waals surface area contributed by atoms with Gasteiger partial charge in [-0.2, -0.15) is 0 Å². The number of hydrogen-bond donors (Lipinski definition) is 4. The molecule has 0 unspecified atom stereocenters. The highest BCUT2D eigenvalue weighted by Crippen LogP contribution is 2.09. The average Bonchev–Trinajstić information content (AvgIpc) is 2.79. The summed E-state index contributed by atoms with van der Waals surface area (Å²) in [5.74, 6) is -0.391. The van der Waals surface area contributed by atoms with Crippen molar-refractivity contribution in [3.05, 3.63) is 18.2 Å². The normalized spacial score (nSPS) is 11.4. The summed E-state index contributed by atoms with van der Waals surface area (Å²) in [5.41, 5.74) is -0.669. The highest BCUT2D eigenvalue weighted by atomic mass is 16.3. The summed E-state index contributed by atoms with van der Waals surface area (Å²) >= 11 is 0. The summed E-state index contributed by atoms with van der Waals surface area (Å²) in [7, 11) is 0. The van der Waals surface area contributed by atoms with Gasteiger partial charge in [-0.15, -0.1) is 0 Å². The minimum absolute atomic E-state index is 0.301. The topological polar surface area (TPSA) is 98.2 Å². The molecule has 0 aliphatic heterocycles. The standard InChI is InChI=1S/C9H15N3O3/c1-2-9(4-13,5-14)12-8(15)7-3-10-6-11-7/h3,6,13-14H,2,4-5H2,1H3,(H,10,11)(H,12,15). The number of aromatic amines is 1. The monoisotopic (exact) mass is 213 g/mol. The van der Waals surface area contributed by atoms with Gasteiger partial charge in [0.2, 0.25) is 0 Å². The Morgan fingerprint density at radius 2 is 2.27 bits per heavy atom. The molecule has 0 atom stereocenters. The van der Waals surface area contributed by atoms with Crippen molar-refractivity contribution < 1.29 is 15.0 Å². The second-order valence-electron chi connectivity index (χ2n) is 3.37. The summed E-state index contributed by atoms with van der Waals surface area (Å²) < 4.78 is 0. The predicted molar refractivity (Wildman–Crippen MR) is 53.2 cm³/mol. The van der Waals surface area contributed by atoms with Gasteiger partial charge in [0.1, 0.15) is 5.69 Å². The van der Waals surface area contributed by atoms with E-state index in [0.29, 0.717) is 12.1 Å². The molecule has 0 aliphatic rings. The highest BCUT2D eigenvalue weighted by Gasteiger charge is 2.29. The second kappa shape index (κ2) is 4.90. The highest BCUT2D eigenvalue weighted by molar-refractivity contribution is 5.92. The van der Waals surface area contributed by atoms with Crippen molar-refractivity contribution in [2.45, 2.75) is 18.9 Å². The van der Waals surface area contributed by atoms with Crippen LogP contribution in [-0.2, 0) is 0 Å². The third kappa shape index (κ3) is 2.54. The largest absolute Gasteiger partial charge is 0.394 e. The Hall–Kier alpha value is -1.40. The van der Waals surface area contributed by atoms with Crippen LogP contribution in [0.2, 0.25) is 0 Å². The Bertz CT molecular complexity index is 298. The van der Waals surface area contributed by atoms with E-state index in [1.807, 2.05) is 0 Å². The van der Waals surface area contributed by atoms with E-state index in [9.17, 15) is 4.79 Å². The van der Waals surface area contributed by atoms with Crippen molar-refractivity contribution in [3.8, 4) is 0 Å². The molecular weight excluding hydrogens is 198 g/mol. The fourth-order valence-corrected chi connectivity index (χ4v) is 1.13. The first-order chi connectivity index (χ1) is 7.17. The fraction of sp³-hybridized carbons (Fsp3) is 0.556. The number of carbonyl (C=O) groups excluding carboxylic acids is 1. The van der Waals surface area contributed by atoms with E-state index in [1.54, 1.807) is 6.92 Å². The minimum Gasteiger partial charge on any atom is -0.394 e. The summed E-state index contributed by atoms with van der Waals surface area (Å²) in [6.45, 7) is 1.17. The maximum absolute atomic E-state index is 11.6. The third-order valence-electron chi connectivity index (χ3n) is 2.40. The lowest BCUT2D eigenvalue weighted by Gasteiger charge is -2.29. The minimum atomic E-state index is -0.970. The maximum atomic E-state index is 11.6. The van der Waals surface area contributed by atoms with Crippen LogP contribution in [0.15, 0.2) is 12.5 Å². The first-order valence-electron chi connectivity index (χ1n) is 4.70. The number of nitrogens with one attached hydrogen (secondary N) is 2. The van der Waals surface area contributed by atoms with Gasteiger partial charge in [-0.25, -0.2) is 4.98 Å². The lowest BCUT2D eigenvalue weighted by Crippen LogP contribution is -2.53. The molecule has 15 heavy (non-hydrogen) atoms. The van der Waals surface area contributed by atoms with E-state index in [1.165, 1.54) is 12.5 Å². The zero-order chi connectivity index (χ0) is 11.3. The number of imidazole rings is 1. The fourth-order valence-electron chi connectivity index (χ4n) is 1.13. The number of rotatable bonds is 5. The van der Waals surface area contributed by atoms with Gasteiger partial charge >= 0.3 is 0 Å². The smallest absolute Gasteiger partial charge is 0.269 e. The summed E-state index contributed by atoms with van der Waals surface area (Å²) in [5, 5.41) is 20.8. The van der Waals surface area contributed by atoms with Crippen LogP contribution in [0.3, 0.4) is 0 Å². The van der Waals surface area contributed by atoms with Gasteiger partial charge in [-0.3, -0.25) is 4.79 Å².